The SMILES string of the molecule is [CH-]=CC(C)=C(C)C[P+](=O)[O-].[CH-]=CC(C)=C(C)C[P+](=O)[O-].[Cl-].[Cl-].[Zr+4]. The van der Waals surface area contributed by atoms with E-state index in [-0.39, 0.29) is 63.3 Å². The summed E-state index contributed by atoms with van der Waals surface area (Å²) >= 11 is 0. The van der Waals surface area contributed by atoms with Gasteiger partial charge in [0.2, 0.25) is 0 Å². The van der Waals surface area contributed by atoms with Crippen LogP contribution in [0.25, 0.3) is 0 Å². The average Bonchev–Trinajstić information content (AvgIpc) is 2.35. The van der Waals surface area contributed by atoms with Crippen LogP contribution < -0.4 is 34.6 Å². The summed E-state index contributed by atoms with van der Waals surface area (Å²) < 4.78 is 20.4. The molecular formula is C14H20Cl2O4P2Zr. The quantitative estimate of drug-likeness (QED) is 0.230. The number of rotatable bonds is 6. The van der Waals surface area contributed by atoms with Crippen molar-refractivity contribution in [3.8, 4) is 0 Å². The normalized spacial score (nSPS) is 12.3. The van der Waals surface area contributed by atoms with Gasteiger partial charge in [0, 0.05) is 0 Å². The van der Waals surface area contributed by atoms with Gasteiger partial charge >= 0.3 is 42.3 Å². The van der Waals surface area contributed by atoms with Crippen molar-refractivity contribution in [3.05, 3.63) is 47.6 Å². The largest absolute Gasteiger partial charge is 4.00 e. The molecule has 0 aromatic carbocycles. The molecule has 9 heteroatoms. The second-order valence-electron chi connectivity index (χ2n) is 4.24. The van der Waals surface area contributed by atoms with E-state index in [1.165, 1.54) is 12.2 Å². The van der Waals surface area contributed by atoms with Gasteiger partial charge in [-0.05, 0) is 0 Å². The molecule has 0 spiro atoms. The first-order valence-corrected chi connectivity index (χ1v) is 8.54. The predicted molar refractivity (Wildman–Crippen MR) is 79.4 cm³/mol. The van der Waals surface area contributed by atoms with Gasteiger partial charge in [0.05, 0.1) is 0 Å². The first-order chi connectivity index (χ1) is 9.15. The molecule has 0 N–H and O–H groups in total. The Labute approximate surface area is 172 Å². The topological polar surface area (TPSA) is 80.3 Å². The molecule has 0 amide bonds. The zero-order valence-electron chi connectivity index (χ0n) is 13.5. The molecule has 2 unspecified atom stereocenters. The summed E-state index contributed by atoms with van der Waals surface area (Å²) in [7, 11) is -4.62. The molecule has 4 nitrogen and oxygen atoms in total. The number of allylic oxidation sites excluding steroid dienone is 6. The summed E-state index contributed by atoms with van der Waals surface area (Å²) in [6.45, 7) is 17.4. The van der Waals surface area contributed by atoms with Gasteiger partial charge in [0.1, 0.15) is 12.3 Å². The summed E-state index contributed by atoms with van der Waals surface area (Å²) in [5.74, 6) is 0. The van der Waals surface area contributed by atoms with Crippen molar-refractivity contribution in [3.63, 3.8) is 0 Å². The van der Waals surface area contributed by atoms with Crippen LogP contribution in [0.3, 0.4) is 0 Å². The Balaban J connectivity index is -0.0000000831. The molecule has 0 rings (SSSR count). The Morgan fingerprint density at radius 1 is 0.826 bits per heavy atom. The molecule has 0 aliphatic heterocycles. The summed E-state index contributed by atoms with van der Waals surface area (Å²) in [5.41, 5.74) is 3.27. The average molecular weight is 476 g/mol. The summed E-state index contributed by atoms with van der Waals surface area (Å²) in [6.07, 6.45) is 3.03. The van der Waals surface area contributed by atoms with E-state index in [4.69, 9.17) is 13.2 Å². The van der Waals surface area contributed by atoms with Crippen molar-refractivity contribution >= 4 is 16.1 Å². The van der Waals surface area contributed by atoms with E-state index < -0.39 is 16.1 Å². The Morgan fingerprint density at radius 2 is 1.04 bits per heavy atom. The minimum atomic E-state index is -2.31. The van der Waals surface area contributed by atoms with Gasteiger partial charge in [-0.25, -0.2) is 12.2 Å². The number of halogens is 2. The van der Waals surface area contributed by atoms with Crippen LogP contribution in [-0.2, 0) is 35.3 Å². The van der Waals surface area contributed by atoms with Gasteiger partial charge in [0.25, 0.3) is 0 Å². The second-order valence-corrected chi connectivity index (χ2v) is 6.21. The molecule has 23 heavy (non-hydrogen) atoms. The predicted octanol–water partition coefficient (Wildman–Crippen LogP) is -3.17. The number of hydrogen-bond acceptors (Lipinski definition) is 4. The molecule has 0 saturated carbocycles. The van der Waals surface area contributed by atoms with Crippen LogP contribution >= 0.6 is 16.1 Å². The van der Waals surface area contributed by atoms with Crippen LogP contribution in [0, 0.1) is 13.2 Å². The molecule has 0 heterocycles. The van der Waals surface area contributed by atoms with Crippen LogP contribution in [0.1, 0.15) is 27.7 Å². The number of hydrogen-bond donors (Lipinski definition) is 0. The van der Waals surface area contributed by atoms with E-state index in [1.807, 2.05) is 0 Å². The maximum Gasteiger partial charge on any atom is 4.00 e. The maximum absolute atomic E-state index is 10.2. The fraction of sp³-hybridized carbons (Fsp3) is 0.429. The van der Waals surface area contributed by atoms with Crippen LogP contribution in [0.15, 0.2) is 34.4 Å². The molecular weight excluding hydrogens is 456 g/mol. The molecule has 0 aliphatic carbocycles. The van der Waals surface area contributed by atoms with Crippen LogP contribution in [0.5, 0.6) is 0 Å². The smallest absolute Gasteiger partial charge is 1.00 e. The summed E-state index contributed by atoms with van der Waals surface area (Å²) in [5, 5.41) is 0. The first kappa shape index (κ1) is 34.8. The molecule has 0 saturated heterocycles. The van der Waals surface area contributed by atoms with Gasteiger partial charge in [0.15, 0.2) is 0 Å². The van der Waals surface area contributed by atoms with E-state index in [1.54, 1.807) is 27.7 Å². The summed E-state index contributed by atoms with van der Waals surface area (Å²) in [6, 6.07) is 0. The molecule has 0 fully saturated rings. The van der Waals surface area contributed by atoms with Gasteiger partial charge in [-0.15, -0.1) is 25.0 Å². The van der Waals surface area contributed by atoms with E-state index in [2.05, 4.69) is 0 Å². The maximum atomic E-state index is 10.2. The Bertz CT molecular complexity index is 422. The standard InChI is InChI=1S/2C7H10O2P.2ClH.Zr/c2*1-4-6(2)7(3)5-10(8)9;;;/h2*1,4H,5H2,2-3H3;2*1H;/q2*-1;;;+4/p-2. The Kier molecular flexibility index (Phi) is 31.1. The van der Waals surface area contributed by atoms with E-state index >= 15 is 0 Å². The zero-order valence-corrected chi connectivity index (χ0v) is 19.3. The van der Waals surface area contributed by atoms with Gasteiger partial charge < -0.3 is 34.6 Å². The monoisotopic (exact) mass is 474 g/mol. The van der Waals surface area contributed by atoms with Crippen molar-refractivity contribution in [1.82, 2.24) is 0 Å². The van der Waals surface area contributed by atoms with Crippen molar-refractivity contribution in [1.29, 1.82) is 0 Å². The fourth-order valence-corrected chi connectivity index (χ4v) is 2.19. The second kappa shape index (κ2) is 20.6. The third-order valence-corrected chi connectivity index (χ3v) is 4.04. The summed E-state index contributed by atoms with van der Waals surface area (Å²) in [4.78, 5) is 20.4. The minimum Gasteiger partial charge on any atom is -1.00 e. The van der Waals surface area contributed by atoms with Gasteiger partial charge in [-0.2, -0.15) is 11.1 Å². The Hall–Kier alpha value is 0.543. The minimum absolute atomic E-state index is 0. The van der Waals surface area contributed by atoms with Crippen molar-refractivity contribution in [2.75, 3.05) is 12.3 Å². The third-order valence-electron chi connectivity index (χ3n) is 2.58. The molecule has 2 atom stereocenters. The molecule has 0 aromatic heterocycles. The van der Waals surface area contributed by atoms with Gasteiger partial charge in [-0.1, -0.05) is 23.0 Å². The van der Waals surface area contributed by atoms with E-state index in [9.17, 15) is 18.9 Å². The van der Waals surface area contributed by atoms with E-state index in [0.29, 0.717) is 0 Å². The zero-order chi connectivity index (χ0) is 16.3. The molecule has 0 aromatic rings. The Morgan fingerprint density at radius 3 is 1.17 bits per heavy atom. The molecule has 0 bridgehead atoms. The molecule has 128 valence electrons. The van der Waals surface area contributed by atoms with Crippen molar-refractivity contribution in [2.24, 2.45) is 0 Å². The van der Waals surface area contributed by atoms with Crippen LogP contribution in [-0.4, -0.2) is 12.3 Å². The van der Waals surface area contributed by atoms with Crippen LogP contribution in [0.4, 0.5) is 0 Å². The van der Waals surface area contributed by atoms with E-state index in [0.717, 1.165) is 22.3 Å². The van der Waals surface area contributed by atoms with Crippen molar-refractivity contribution in [2.45, 2.75) is 27.7 Å². The van der Waals surface area contributed by atoms with Gasteiger partial charge in [-0.3, -0.25) is 13.2 Å². The third kappa shape index (κ3) is 22.5. The molecule has 0 aliphatic rings. The van der Waals surface area contributed by atoms with Crippen molar-refractivity contribution < 1.29 is 69.9 Å². The molecule has 0 radical (unpaired) electrons. The van der Waals surface area contributed by atoms with Crippen LogP contribution in [0.2, 0.25) is 0 Å². The fourth-order valence-electron chi connectivity index (χ4n) is 0.921. The first-order valence-electron chi connectivity index (χ1n) is 5.81.